The molecule has 1 saturated heterocycles. The van der Waals surface area contributed by atoms with Crippen LogP contribution in [-0.4, -0.2) is 29.0 Å². The van der Waals surface area contributed by atoms with Gasteiger partial charge < -0.3 is 15.0 Å². The third kappa shape index (κ3) is 5.36. The molecular formula is C24H25FN4O2. The average molecular weight is 420 g/mol. The lowest BCUT2D eigenvalue weighted by atomic mass is 9.95. The number of rotatable bonds is 6. The molecule has 31 heavy (non-hydrogen) atoms. The second-order valence-corrected chi connectivity index (χ2v) is 7.67. The minimum absolute atomic E-state index is 0.0345. The first-order valence-electron chi connectivity index (χ1n) is 10.4. The standard InChI is InChI=1S/C24H25FN4O2/c1-17(18-7-9-20(25)10-8-18)28-24(30)19-11-13-29(14-12-19)22-15-23(27-16-26-22)31-21-5-3-2-4-6-21/h2-10,15-17,19H,11-14H2,1H3,(H,28,30)/t17-/m1/s1. The van der Waals surface area contributed by atoms with E-state index in [2.05, 4.69) is 20.2 Å². The Morgan fingerprint density at radius 2 is 1.81 bits per heavy atom. The molecule has 2 aromatic carbocycles. The van der Waals surface area contributed by atoms with Crippen molar-refractivity contribution in [3.63, 3.8) is 0 Å². The first kappa shape index (κ1) is 20.8. The molecule has 160 valence electrons. The van der Waals surface area contributed by atoms with Crippen molar-refractivity contribution < 1.29 is 13.9 Å². The normalized spacial score (nSPS) is 15.4. The van der Waals surface area contributed by atoms with Gasteiger partial charge in [-0.3, -0.25) is 4.79 Å². The van der Waals surface area contributed by atoms with Crippen molar-refractivity contribution in [2.45, 2.75) is 25.8 Å². The summed E-state index contributed by atoms with van der Waals surface area (Å²) in [6.07, 6.45) is 2.97. The fraction of sp³-hybridized carbons (Fsp3) is 0.292. The van der Waals surface area contributed by atoms with E-state index in [4.69, 9.17) is 4.74 Å². The molecule has 2 heterocycles. The number of amides is 1. The number of hydrogen-bond donors (Lipinski definition) is 1. The van der Waals surface area contributed by atoms with Gasteiger partial charge in [-0.25, -0.2) is 14.4 Å². The molecule has 0 bridgehead atoms. The van der Waals surface area contributed by atoms with Crippen LogP contribution in [0.3, 0.4) is 0 Å². The van der Waals surface area contributed by atoms with Crippen LogP contribution in [0.2, 0.25) is 0 Å². The van der Waals surface area contributed by atoms with Crippen molar-refractivity contribution in [1.29, 1.82) is 0 Å². The zero-order valence-electron chi connectivity index (χ0n) is 17.4. The van der Waals surface area contributed by atoms with Crippen molar-refractivity contribution in [2.75, 3.05) is 18.0 Å². The molecule has 1 atom stereocenters. The van der Waals surface area contributed by atoms with Gasteiger partial charge in [0.15, 0.2) is 0 Å². The van der Waals surface area contributed by atoms with E-state index in [-0.39, 0.29) is 23.7 Å². The van der Waals surface area contributed by atoms with Gasteiger partial charge in [0, 0.05) is 25.1 Å². The number of halogens is 1. The van der Waals surface area contributed by atoms with Crippen LogP contribution in [0.15, 0.2) is 67.0 Å². The monoisotopic (exact) mass is 420 g/mol. The predicted octanol–water partition coefficient (Wildman–Crippen LogP) is 4.50. The van der Waals surface area contributed by atoms with Crippen LogP contribution in [0.25, 0.3) is 0 Å². The van der Waals surface area contributed by atoms with E-state index < -0.39 is 0 Å². The third-order valence-corrected chi connectivity index (χ3v) is 5.51. The Morgan fingerprint density at radius 3 is 2.52 bits per heavy atom. The number of piperidine rings is 1. The molecule has 0 saturated carbocycles. The number of ether oxygens (including phenoxy) is 1. The number of nitrogens with zero attached hydrogens (tertiary/aromatic N) is 3. The average Bonchev–Trinajstić information content (AvgIpc) is 2.80. The SMILES string of the molecule is C[C@@H](NC(=O)C1CCN(c2cc(Oc3ccccc3)ncn2)CC1)c1ccc(F)cc1. The maximum absolute atomic E-state index is 13.1. The summed E-state index contributed by atoms with van der Waals surface area (Å²) in [6, 6.07) is 17.4. The fourth-order valence-electron chi connectivity index (χ4n) is 3.70. The molecule has 6 nitrogen and oxygen atoms in total. The number of benzene rings is 2. The first-order chi connectivity index (χ1) is 15.1. The van der Waals surface area contributed by atoms with Crippen LogP contribution in [0.5, 0.6) is 11.6 Å². The van der Waals surface area contributed by atoms with Gasteiger partial charge in [0.2, 0.25) is 11.8 Å². The van der Waals surface area contributed by atoms with Gasteiger partial charge in [0.1, 0.15) is 23.7 Å². The topological polar surface area (TPSA) is 67.4 Å². The van der Waals surface area contributed by atoms with Gasteiger partial charge in [0.05, 0.1) is 6.04 Å². The van der Waals surface area contributed by atoms with E-state index in [1.54, 1.807) is 12.1 Å². The molecule has 1 amide bonds. The maximum atomic E-state index is 13.1. The Hall–Kier alpha value is -3.48. The van der Waals surface area contributed by atoms with E-state index in [0.717, 1.165) is 43.1 Å². The van der Waals surface area contributed by atoms with Crippen LogP contribution in [0, 0.1) is 11.7 Å². The zero-order chi connectivity index (χ0) is 21.6. The highest BCUT2D eigenvalue weighted by Crippen LogP contribution is 2.26. The van der Waals surface area contributed by atoms with Gasteiger partial charge in [-0.1, -0.05) is 30.3 Å². The zero-order valence-corrected chi connectivity index (χ0v) is 17.4. The van der Waals surface area contributed by atoms with Crippen molar-refractivity contribution in [3.05, 3.63) is 78.4 Å². The Kier molecular flexibility index (Phi) is 6.40. The molecule has 0 radical (unpaired) electrons. The number of para-hydroxylation sites is 1. The highest BCUT2D eigenvalue weighted by atomic mass is 19.1. The molecule has 1 aliphatic rings. The highest BCUT2D eigenvalue weighted by molar-refractivity contribution is 5.79. The summed E-state index contributed by atoms with van der Waals surface area (Å²) < 4.78 is 18.9. The van der Waals surface area contributed by atoms with Crippen molar-refractivity contribution in [2.24, 2.45) is 5.92 Å². The third-order valence-electron chi connectivity index (χ3n) is 5.51. The fourth-order valence-corrected chi connectivity index (χ4v) is 3.70. The summed E-state index contributed by atoms with van der Waals surface area (Å²) in [7, 11) is 0. The number of carbonyl (C=O) groups is 1. The second kappa shape index (κ2) is 9.55. The lowest BCUT2D eigenvalue weighted by Gasteiger charge is -2.32. The van der Waals surface area contributed by atoms with Crippen molar-refractivity contribution in [1.82, 2.24) is 15.3 Å². The maximum Gasteiger partial charge on any atom is 0.224 e. The lowest BCUT2D eigenvalue weighted by Crippen LogP contribution is -2.41. The predicted molar refractivity (Wildman–Crippen MR) is 116 cm³/mol. The molecule has 1 N–H and O–H groups in total. The van der Waals surface area contributed by atoms with Crippen LogP contribution >= 0.6 is 0 Å². The summed E-state index contributed by atoms with van der Waals surface area (Å²) in [5, 5.41) is 3.05. The Morgan fingerprint density at radius 1 is 1.10 bits per heavy atom. The van der Waals surface area contributed by atoms with E-state index in [0.29, 0.717) is 5.88 Å². The van der Waals surface area contributed by atoms with Crippen LogP contribution in [0.4, 0.5) is 10.2 Å². The quantitative estimate of drug-likeness (QED) is 0.636. The minimum atomic E-state index is -0.281. The summed E-state index contributed by atoms with van der Waals surface area (Å²) >= 11 is 0. The Labute approximate surface area is 181 Å². The van der Waals surface area contributed by atoms with Crippen LogP contribution in [-0.2, 0) is 4.79 Å². The number of nitrogens with one attached hydrogen (secondary N) is 1. The Bertz CT molecular complexity index is 1010. The number of anilines is 1. The molecule has 4 rings (SSSR count). The largest absolute Gasteiger partial charge is 0.439 e. The first-order valence-corrected chi connectivity index (χ1v) is 10.4. The lowest BCUT2D eigenvalue weighted by molar-refractivity contribution is -0.126. The number of aromatic nitrogens is 2. The summed E-state index contributed by atoms with van der Waals surface area (Å²) in [5.41, 5.74) is 0.888. The van der Waals surface area contributed by atoms with E-state index in [1.807, 2.05) is 43.3 Å². The van der Waals surface area contributed by atoms with Gasteiger partial charge in [0.25, 0.3) is 0 Å². The molecule has 0 unspecified atom stereocenters. The summed E-state index contributed by atoms with van der Waals surface area (Å²) in [6.45, 7) is 3.37. The molecule has 1 fully saturated rings. The molecule has 0 spiro atoms. The molecule has 0 aliphatic carbocycles. The summed E-state index contributed by atoms with van der Waals surface area (Å²) in [4.78, 5) is 23.4. The van der Waals surface area contributed by atoms with Crippen LogP contribution in [0.1, 0.15) is 31.4 Å². The Balaban J connectivity index is 1.31. The minimum Gasteiger partial charge on any atom is -0.439 e. The van der Waals surface area contributed by atoms with Crippen molar-refractivity contribution in [3.8, 4) is 11.6 Å². The number of carbonyl (C=O) groups excluding carboxylic acids is 1. The second-order valence-electron chi connectivity index (χ2n) is 7.67. The molecule has 1 aromatic heterocycles. The molecular weight excluding hydrogens is 395 g/mol. The number of hydrogen-bond acceptors (Lipinski definition) is 5. The smallest absolute Gasteiger partial charge is 0.224 e. The highest BCUT2D eigenvalue weighted by Gasteiger charge is 2.27. The van der Waals surface area contributed by atoms with E-state index >= 15 is 0 Å². The van der Waals surface area contributed by atoms with Crippen molar-refractivity contribution >= 4 is 11.7 Å². The van der Waals surface area contributed by atoms with E-state index in [1.165, 1.54) is 18.5 Å². The van der Waals surface area contributed by atoms with Gasteiger partial charge in [-0.15, -0.1) is 0 Å². The summed E-state index contributed by atoms with van der Waals surface area (Å²) in [5.74, 6) is 1.70. The van der Waals surface area contributed by atoms with E-state index in [9.17, 15) is 9.18 Å². The van der Waals surface area contributed by atoms with Gasteiger partial charge in [-0.2, -0.15) is 0 Å². The molecule has 7 heteroatoms. The molecule has 1 aliphatic heterocycles. The van der Waals surface area contributed by atoms with Gasteiger partial charge in [-0.05, 0) is 49.6 Å². The van der Waals surface area contributed by atoms with Crippen LogP contribution < -0.4 is 15.0 Å². The van der Waals surface area contributed by atoms with Gasteiger partial charge >= 0.3 is 0 Å². The molecule has 3 aromatic rings.